The Morgan fingerprint density at radius 3 is 2.14 bits per heavy atom. The molecule has 338 valence electrons. The van der Waals surface area contributed by atoms with Crippen LogP contribution in [0.1, 0.15) is 67.4 Å². The number of halogens is 3. The first kappa shape index (κ1) is 47.2. The smallest absolute Gasteiger partial charge is 0.467 e. The van der Waals surface area contributed by atoms with E-state index in [-0.39, 0.29) is 92.1 Å². The highest BCUT2D eigenvalue weighted by Gasteiger charge is 2.43. The van der Waals surface area contributed by atoms with Gasteiger partial charge in [0.05, 0.1) is 38.8 Å². The van der Waals surface area contributed by atoms with Crippen LogP contribution in [0.5, 0.6) is 0 Å². The zero-order valence-corrected chi connectivity index (χ0v) is 34.0. The average Bonchev–Trinajstić information content (AvgIpc) is 3.58. The van der Waals surface area contributed by atoms with E-state index in [0.717, 1.165) is 73.9 Å². The number of anilines is 2. The Labute approximate surface area is 356 Å². The number of hydrogen-bond acceptors (Lipinski definition) is 15. The molecule has 2 aliphatic rings. The van der Waals surface area contributed by atoms with Gasteiger partial charge in [-0.15, -0.1) is 0 Å². The Morgan fingerprint density at radius 1 is 0.921 bits per heavy atom. The van der Waals surface area contributed by atoms with E-state index in [2.05, 4.69) is 35.9 Å². The van der Waals surface area contributed by atoms with Crippen LogP contribution in [0.3, 0.4) is 0 Å². The van der Waals surface area contributed by atoms with Crippen molar-refractivity contribution in [2.24, 2.45) is 0 Å². The molecule has 2 aromatic heterocycles. The van der Waals surface area contributed by atoms with Crippen molar-refractivity contribution in [2.45, 2.75) is 75.9 Å². The fourth-order valence-corrected chi connectivity index (χ4v) is 6.66. The summed E-state index contributed by atoms with van der Waals surface area (Å²) in [7, 11) is 1.08. The summed E-state index contributed by atoms with van der Waals surface area (Å²) in [4.78, 5) is 114. The molecule has 63 heavy (non-hydrogen) atoms. The predicted molar refractivity (Wildman–Crippen MR) is 213 cm³/mol. The van der Waals surface area contributed by atoms with E-state index in [1.54, 1.807) is 0 Å². The molecule has 0 saturated heterocycles. The van der Waals surface area contributed by atoms with Gasteiger partial charge in [0.25, 0.3) is 23.3 Å². The second-order valence-electron chi connectivity index (χ2n) is 14.3. The third-order valence-electron chi connectivity index (χ3n) is 9.84. The first-order chi connectivity index (χ1) is 30.0. The number of carbonyl (C=O) groups is 7. The number of imide groups is 1. The number of rotatable bonds is 20. The van der Waals surface area contributed by atoms with Crippen molar-refractivity contribution in [1.29, 1.82) is 0 Å². The van der Waals surface area contributed by atoms with E-state index in [1.807, 2.05) is 0 Å². The summed E-state index contributed by atoms with van der Waals surface area (Å²) in [5.41, 5.74) is 3.60. The molecule has 1 atom stereocenters. The standard InChI is InChI=1S/C39H45F3N10O11/c1-61-35(59)26(9-10-27(53)44-16-19-62-38(14-3-2-4-15-38)63-20-17-45-28(54)13-18-51-29(55)11-12-30(51)56)48-33(57)23-5-7-25(8-6-23)52(36(60)39(40,41)42)22-24-21-46-32-31(47-24)34(58)50-37(43)49-32/h5-8,11-12,21,26H,2-4,9-10,13-20,22H2,1H3,(H,44,53)(H,45,54)(H,48,57)(H3,43,46,49,50,58)/t26-/m0/s1. The normalized spacial score (nSPS) is 15.2. The van der Waals surface area contributed by atoms with Gasteiger partial charge >= 0.3 is 18.1 Å². The number of nitrogen functional groups attached to an aromatic ring is 1. The molecule has 3 heterocycles. The van der Waals surface area contributed by atoms with E-state index in [0.29, 0.717) is 17.7 Å². The van der Waals surface area contributed by atoms with Gasteiger partial charge in [0.2, 0.25) is 17.8 Å². The van der Waals surface area contributed by atoms with Crippen molar-refractivity contribution < 1.29 is 60.9 Å². The molecule has 0 bridgehead atoms. The molecule has 1 aliphatic heterocycles. The van der Waals surface area contributed by atoms with Crippen molar-refractivity contribution >= 4 is 64.2 Å². The molecule has 1 fully saturated rings. The van der Waals surface area contributed by atoms with Crippen LogP contribution >= 0.6 is 0 Å². The fourth-order valence-electron chi connectivity index (χ4n) is 6.66. The first-order valence-electron chi connectivity index (χ1n) is 19.7. The molecule has 6 amide bonds. The van der Waals surface area contributed by atoms with Crippen LogP contribution in [-0.2, 0) is 49.5 Å². The van der Waals surface area contributed by atoms with Gasteiger partial charge in [-0.05, 0) is 43.5 Å². The second-order valence-corrected chi connectivity index (χ2v) is 14.3. The minimum absolute atomic E-state index is 0.0404. The minimum Gasteiger partial charge on any atom is -0.467 e. The number of esters is 1. The summed E-state index contributed by atoms with van der Waals surface area (Å²) in [6, 6.07) is 3.07. The third-order valence-corrected chi connectivity index (χ3v) is 9.84. The van der Waals surface area contributed by atoms with Crippen LogP contribution in [0.15, 0.2) is 47.4 Å². The number of aromatic amines is 1. The number of nitrogens with two attached hydrogens (primary N) is 1. The molecule has 1 aromatic carbocycles. The maximum Gasteiger partial charge on any atom is 0.471 e. The van der Waals surface area contributed by atoms with E-state index in [4.69, 9.17) is 19.9 Å². The second kappa shape index (κ2) is 21.3. The maximum atomic E-state index is 13.7. The molecule has 6 N–H and O–H groups in total. The third kappa shape index (κ3) is 13.1. The molecule has 0 radical (unpaired) electrons. The highest BCUT2D eigenvalue weighted by Crippen LogP contribution is 2.32. The quantitative estimate of drug-likeness (QED) is 0.0452. The van der Waals surface area contributed by atoms with Gasteiger partial charge in [-0.25, -0.2) is 14.8 Å². The molecule has 5 rings (SSSR count). The number of H-pyrrole nitrogens is 1. The summed E-state index contributed by atoms with van der Waals surface area (Å²) in [5.74, 6) is -6.94. The number of methoxy groups -OCH3 is 1. The number of benzene rings is 1. The van der Waals surface area contributed by atoms with Crippen molar-refractivity contribution in [2.75, 3.05) is 50.6 Å². The lowest BCUT2D eigenvalue weighted by Gasteiger charge is -2.37. The molecule has 24 heteroatoms. The Hall–Kier alpha value is -6.82. The van der Waals surface area contributed by atoms with E-state index in [9.17, 15) is 51.5 Å². The molecule has 21 nitrogen and oxygen atoms in total. The molecular formula is C39H45F3N10O11. The summed E-state index contributed by atoms with van der Waals surface area (Å²) in [6.45, 7) is -0.372. The maximum absolute atomic E-state index is 13.7. The van der Waals surface area contributed by atoms with Crippen molar-refractivity contribution in [3.63, 3.8) is 0 Å². The van der Waals surface area contributed by atoms with Crippen molar-refractivity contribution in [3.05, 3.63) is 64.2 Å². The highest BCUT2D eigenvalue weighted by molar-refractivity contribution is 6.13. The molecule has 0 spiro atoms. The number of hydrogen-bond donors (Lipinski definition) is 5. The summed E-state index contributed by atoms with van der Waals surface area (Å²) in [6.07, 6.45) is 1.37. The summed E-state index contributed by atoms with van der Waals surface area (Å²) in [5, 5.41) is 7.83. The lowest BCUT2D eigenvalue weighted by atomic mass is 9.94. The van der Waals surface area contributed by atoms with Crippen LogP contribution in [0, 0.1) is 0 Å². The van der Waals surface area contributed by atoms with Gasteiger partial charge < -0.3 is 35.9 Å². The number of amides is 6. The van der Waals surface area contributed by atoms with Gasteiger partial charge in [-0.1, -0.05) is 6.42 Å². The largest absolute Gasteiger partial charge is 0.471 e. The van der Waals surface area contributed by atoms with Gasteiger partial charge in [-0.3, -0.25) is 48.3 Å². The Balaban J connectivity index is 1.09. The number of carbonyl (C=O) groups excluding carboxylic acids is 7. The number of aromatic nitrogens is 4. The average molecular weight is 887 g/mol. The lowest BCUT2D eigenvalue weighted by molar-refractivity contribution is -0.250. The van der Waals surface area contributed by atoms with Crippen LogP contribution in [0.4, 0.5) is 24.8 Å². The van der Waals surface area contributed by atoms with Gasteiger partial charge in [0, 0.05) is 68.7 Å². The molecule has 1 saturated carbocycles. The van der Waals surface area contributed by atoms with Gasteiger partial charge in [0.1, 0.15) is 6.04 Å². The number of ether oxygens (including phenoxy) is 3. The van der Waals surface area contributed by atoms with E-state index < -0.39 is 65.6 Å². The highest BCUT2D eigenvalue weighted by atomic mass is 19.4. The first-order valence-corrected chi connectivity index (χ1v) is 19.7. The molecule has 1 aliphatic carbocycles. The van der Waals surface area contributed by atoms with Crippen molar-refractivity contribution in [3.8, 4) is 0 Å². The Morgan fingerprint density at radius 2 is 1.54 bits per heavy atom. The Kier molecular flexibility index (Phi) is 16.0. The summed E-state index contributed by atoms with van der Waals surface area (Å²) >= 11 is 0. The molecule has 0 unspecified atom stereocenters. The Bertz CT molecular complexity index is 2260. The summed E-state index contributed by atoms with van der Waals surface area (Å²) < 4.78 is 58.0. The number of fused-ring (bicyclic) bond motifs is 1. The molecule has 3 aromatic rings. The van der Waals surface area contributed by atoms with Gasteiger partial charge in [-0.2, -0.15) is 18.2 Å². The molecular weight excluding hydrogens is 841 g/mol. The monoisotopic (exact) mass is 886 g/mol. The van der Waals surface area contributed by atoms with Crippen molar-refractivity contribution in [1.82, 2.24) is 40.8 Å². The number of alkyl halides is 3. The van der Waals surface area contributed by atoms with Gasteiger partial charge in [0.15, 0.2) is 17.0 Å². The van der Waals surface area contributed by atoms with Crippen LogP contribution in [-0.4, -0.2) is 124 Å². The van der Waals surface area contributed by atoms with Crippen LogP contribution in [0.25, 0.3) is 11.2 Å². The topological polar surface area (TPSA) is 287 Å². The predicted octanol–water partition coefficient (Wildman–Crippen LogP) is 0.684. The van der Waals surface area contributed by atoms with Crippen LogP contribution < -0.4 is 32.1 Å². The van der Waals surface area contributed by atoms with Crippen LogP contribution in [0.2, 0.25) is 0 Å². The van der Waals surface area contributed by atoms with E-state index >= 15 is 0 Å². The zero-order valence-electron chi connectivity index (χ0n) is 34.0. The minimum atomic E-state index is -5.32. The number of nitrogens with zero attached hydrogens (tertiary/aromatic N) is 5. The van der Waals surface area contributed by atoms with E-state index in [1.165, 1.54) is 0 Å². The lowest BCUT2D eigenvalue weighted by Crippen LogP contribution is -2.43. The number of nitrogens with one attached hydrogen (secondary N) is 4. The zero-order chi connectivity index (χ0) is 45.7. The fraction of sp³-hybridized carbons (Fsp3) is 0.462. The SMILES string of the molecule is COC(=O)[C@H](CCC(=O)NCCOC1(OCCNC(=O)CCN2C(=O)C=CC2=O)CCCCC1)NC(=O)c1ccc(N(Cc2cnc3nc(N)[nH]c(=O)c3n2)C(=O)C(F)(F)F)cc1.